The molecule has 1 aliphatic rings. The lowest BCUT2D eigenvalue weighted by Gasteiger charge is -2.32. The molecule has 0 aromatic rings. The van der Waals surface area contributed by atoms with Crippen LogP contribution in [0.5, 0.6) is 0 Å². The van der Waals surface area contributed by atoms with Gasteiger partial charge in [0.05, 0.1) is 0 Å². The number of allylic oxidation sites excluding steroid dienone is 2. The molecular formula is C11H19NO. The lowest BCUT2D eigenvalue weighted by molar-refractivity contribution is 0.280. The summed E-state index contributed by atoms with van der Waals surface area (Å²) in [5.41, 5.74) is 2.13. The molecule has 1 atom stereocenters. The molecule has 0 saturated heterocycles. The molecule has 13 heavy (non-hydrogen) atoms. The Balaban J connectivity index is 0.000000424. The van der Waals surface area contributed by atoms with Crippen LogP contribution in [0.3, 0.4) is 0 Å². The summed E-state index contributed by atoms with van der Waals surface area (Å²) in [6, 6.07) is 0. The Kier molecular flexibility index (Phi) is 4.64. The van der Waals surface area contributed by atoms with Gasteiger partial charge in [0.2, 0.25) is 6.08 Å². The highest BCUT2D eigenvalue weighted by molar-refractivity contribution is 5.26. The lowest BCUT2D eigenvalue weighted by atomic mass is 9.74. The average Bonchev–Trinajstić information content (AvgIpc) is 1.81. The van der Waals surface area contributed by atoms with Crippen LogP contribution < -0.4 is 0 Å². The molecule has 0 heterocycles. The molecule has 0 aromatic carbocycles. The monoisotopic (exact) mass is 181 g/mol. The van der Waals surface area contributed by atoms with Crippen molar-refractivity contribution >= 4 is 6.08 Å². The molecule has 0 aromatic heterocycles. The van der Waals surface area contributed by atoms with Crippen molar-refractivity contribution in [3.63, 3.8) is 0 Å². The van der Waals surface area contributed by atoms with Gasteiger partial charge in [-0.05, 0) is 31.1 Å². The van der Waals surface area contributed by atoms with Crippen molar-refractivity contribution in [1.82, 2.24) is 0 Å². The van der Waals surface area contributed by atoms with E-state index in [0.29, 0.717) is 5.41 Å². The van der Waals surface area contributed by atoms with E-state index in [1.165, 1.54) is 12.8 Å². The normalized spacial score (nSPS) is 24.9. The molecule has 0 aliphatic heterocycles. The Morgan fingerprint density at radius 2 is 2.08 bits per heavy atom. The number of rotatable bonds is 0. The second-order valence-corrected chi connectivity index (χ2v) is 4.64. The predicted octanol–water partition coefficient (Wildman–Crippen LogP) is 3.29. The second kappa shape index (κ2) is 4.98. The van der Waals surface area contributed by atoms with E-state index in [9.17, 15) is 0 Å². The van der Waals surface area contributed by atoms with Crippen molar-refractivity contribution in [2.45, 2.75) is 40.5 Å². The lowest BCUT2D eigenvalue weighted by Crippen LogP contribution is -2.19. The molecule has 0 spiro atoms. The minimum absolute atomic E-state index is 0.554. The van der Waals surface area contributed by atoms with Crippen LogP contribution in [0.15, 0.2) is 11.6 Å². The van der Waals surface area contributed by atoms with E-state index in [4.69, 9.17) is 10.2 Å². The zero-order chi connectivity index (χ0) is 10.5. The molecule has 1 rings (SSSR count). The number of carbonyl (C=O) groups excluding carboxylic acids is 1. The first-order valence-electron chi connectivity index (χ1n) is 4.62. The predicted molar refractivity (Wildman–Crippen MR) is 54.3 cm³/mol. The van der Waals surface area contributed by atoms with Gasteiger partial charge in [0.25, 0.3) is 0 Å². The van der Waals surface area contributed by atoms with Crippen molar-refractivity contribution in [2.24, 2.45) is 11.3 Å². The minimum atomic E-state index is 0.554. The maximum atomic E-state index is 8.35. The van der Waals surface area contributed by atoms with E-state index in [1.807, 2.05) is 0 Å². The van der Waals surface area contributed by atoms with Gasteiger partial charge in [-0.15, -0.1) is 0 Å². The molecule has 0 radical (unpaired) electrons. The highest BCUT2D eigenvalue weighted by atomic mass is 16.1. The number of hydrogen-bond acceptors (Lipinski definition) is 2. The van der Waals surface area contributed by atoms with Gasteiger partial charge in [-0.3, -0.25) is 0 Å². The zero-order valence-electron chi connectivity index (χ0n) is 8.98. The fourth-order valence-electron chi connectivity index (χ4n) is 2.30. The van der Waals surface area contributed by atoms with E-state index in [2.05, 4.69) is 33.8 Å². The van der Waals surface area contributed by atoms with Crippen LogP contribution in [-0.4, -0.2) is 6.08 Å². The van der Waals surface area contributed by atoms with Gasteiger partial charge in [0.1, 0.15) is 0 Å². The van der Waals surface area contributed by atoms with E-state index < -0.39 is 0 Å². The molecule has 0 amide bonds. The molecule has 1 aliphatic carbocycles. The van der Waals surface area contributed by atoms with Crippen LogP contribution in [0.25, 0.3) is 0 Å². The molecule has 74 valence electrons. The largest absolute Gasteiger partial charge is 0.231 e. The van der Waals surface area contributed by atoms with Crippen LogP contribution in [0.1, 0.15) is 40.5 Å². The van der Waals surface area contributed by atoms with Gasteiger partial charge in [0, 0.05) is 0 Å². The number of nitrogens with one attached hydrogen (secondary N) is 1. The Morgan fingerprint density at radius 1 is 1.62 bits per heavy atom. The van der Waals surface area contributed by atoms with Gasteiger partial charge in [-0.2, -0.15) is 0 Å². The van der Waals surface area contributed by atoms with Crippen molar-refractivity contribution in [1.29, 1.82) is 5.41 Å². The molecule has 2 heteroatoms. The van der Waals surface area contributed by atoms with Crippen molar-refractivity contribution < 1.29 is 4.79 Å². The quantitative estimate of drug-likeness (QED) is 0.348. The molecule has 1 N–H and O–H groups in total. The van der Waals surface area contributed by atoms with Gasteiger partial charge in [0.15, 0.2) is 0 Å². The first kappa shape index (κ1) is 12.1. The van der Waals surface area contributed by atoms with Gasteiger partial charge < -0.3 is 0 Å². The van der Waals surface area contributed by atoms with Crippen molar-refractivity contribution in [3.8, 4) is 0 Å². The van der Waals surface area contributed by atoms with E-state index in [0.717, 1.165) is 12.0 Å². The Bertz CT molecular complexity index is 222. The van der Waals surface area contributed by atoms with Crippen LogP contribution in [0.2, 0.25) is 0 Å². The smallest absolute Gasteiger partial charge is 0.222 e. The Hall–Kier alpha value is -0.880. The van der Waals surface area contributed by atoms with Gasteiger partial charge >= 0.3 is 0 Å². The summed E-state index contributed by atoms with van der Waals surface area (Å²) in [5, 5.41) is 5.40. The molecule has 2 nitrogen and oxygen atoms in total. The highest BCUT2D eigenvalue weighted by Crippen LogP contribution is 2.37. The van der Waals surface area contributed by atoms with Crippen molar-refractivity contribution in [3.05, 3.63) is 11.6 Å². The highest BCUT2D eigenvalue weighted by Gasteiger charge is 2.24. The van der Waals surface area contributed by atoms with Crippen molar-refractivity contribution in [2.75, 3.05) is 0 Å². The van der Waals surface area contributed by atoms with Gasteiger partial charge in [-0.1, -0.05) is 32.4 Å². The summed E-state index contributed by atoms with van der Waals surface area (Å²) in [5.74, 6) is 0.795. The summed E-state index contributed by atoms with van der Waals surface area (Å²) in [6.45, 7) is 9.28. The average molecular weight is 181 g/mol. The SMILES string of the molecule is CC1=CC(C)CC(C)(C)C1.N=C=O. The maximum Gasteiger partial charge on any atom is 0.231 e. The summed E-state index contributed by atoms with van der Waals surface area (Å²) in [4.78, 5) is 8.35. The fraction of sp³-hybridized carbons (Fsp3) is 0.727. The fourth-order valence-corrected chi connectivity index (χ4v) is 2.30. The maximum absolute atomic E-state index is 8.35. The second-order valence-electron chi connectivity index (χ2n) is 4.64. The Morgan fingerprint density at radius 3 is 2.38 bits per heavy atom. The number of hydrogen-bond donors (Lipinski definition) is 1. The first-order chi connectivity index (χ1) is 5.91. The molecule has 0 fully saturated rings. The summed E-state index contributed by atoms with van der Waals surface area (Å²) >= 11 is 0. The van der Waals surface area contributed by atoms with E-state index >= 15 is 0 Å². The molecule has 1 unspecified atom stereocenters. The summed E-state index contributed by atoms with van der Waals surface area (Å²) in [6.07, 6.45) is 5.80. The topological polar surface area (TPSA) is 40.9 Å². The van der Waals surface area contributed by atoms with E-state index in [1.54, 1.807) is 5.57 Å². The number of isocyanates is 1. The van der Waals surface area contributed by atoms with E-state index in [-0.39, 0.29) is 0 Å². The molecule has 0 bridgehead atoms. The molecular weight excluding hydrogens is 162 g/mol. The standard InChI is InChI=1S/C10H18.CHNO/c1-8-5-9(2)7-10(3,4)6-8;2-1-3/h5,8H,6-7H2,1-4H3;2H. The first-order valence-corrected chi connectivity index (χ1v) is 4.62. The third kappa shape index (κ3) is 5.37. The zero-order valence-corrected chi connectivity index (χ0v) is 8.98. The summed E-state index contributed by atoms with van der Waals surface area (Å²) in [7, 11) is 0. The third-order valence-electron chi connectivity index (χ3n) is 2.20. The summed E-state index contributed by atoms with van der Waals surface area (Å²) < 4.78 is 0. The van der Waals surface area contributed by atoms with Crippen LogP contribution in [-0.2, 0) is 4.79 Å². The third-order valence-corrected chi connectivity index (χ3v) is 2.20. The van der Waals surface area contributed by atoms with Crippen LogP contribution >= 0.6 is 0 Å². The van der Waals surface area contributed by atoms with Crippen LogP contribution in [0, 0.1) is 16.7 Å². The van der Waals surface area contributed by atoms with Gasteiger partial charge in [-0.25, -0.2) is 10.2 Å². The minimum Gasteiger partial charge on any atom is -0.222 e. The molecule has 0 saturated carbocycles. The Labute approximate surface area is 80.5 Å². The van der Waals surface area contributed by atoms with Crippen LogP contribution in [0.4, 0.5) is 0 Å².